The largest absolute Gasteiger partial charge is 0.349 e. The first-order valence-corrected chi connectivity index (χ1v) is 7.77. The molecule has 1 saturated heterocycles. The Balaban J connectivity index is 2.21. The van der Waals surface area contributed by atoms with Crippen LogP contribution < -0.4 is 5.32 Å². The molecule has 0 aliphatic carbocycles. The summed E-state index contributed by atoms with van der Waals surface area (Å²) >= 11 is 0. The Bertz CT molecular complexity index is 586. The Morgan fingerprint density at radius 2 is 1.95 bits per heavy atom. The quantitative estimate of drug-likeness (QED) is 0.802. The number of carbonyl (C=O) groups is 2. The van der Waals surface area contributed by atoms with Crippen LogP contribution in [0.4, 0.5) is 0 Å². The summed E-state index contributed by atoms with van der Waals surface area (Å²) in [4.78, 5) is 22.6. The van der Waals surface area contributed by atoms with Crippen molar-refractivity contribution < 1.29 is 18.0 Å². The van der Waals surface area contributed by atoms with Crippen LogP contribution in [0.1, 0.15) is 12.8 Å². The molecule has 1 aromatic carbocycles. The molecule has 1 aromatic rings. The van der Waals surface area contributed by atoms with Crippen LogP contribution in [0, 0.1) is 0 Å². The van der Waals surface area contributed by atoms with Crippen molar-refractivity contribution >= 4 is 22.2 Å². The highest BCUT2D eigenvalue weighted by Gasteiger charge is 2.31. The van der Waals surface area contributed by atoms with Crippen molar-refractivity contribution in [3.63, 3.8) is 0 Å². The van der Waals surface area contributed by atoms with Gasteiger partial charge < -0.3 is 5.32 Å². The molecule has 1 aliphatic heterocycles. The number of carbonyl (C=O) groups excluding carboxylic acids is 2. The fourth-order valence-electron chi connectivity index (χ4n) is 2.20. The van der Waals surface area contributed by atoms with Gasteiger partial charge in [-0.25, -0.2) is 8.42 Å². The first-order valence-electron chi connectivity index (χ1n) is 6.33. The fourth-order valence-corrected chi connectivity index (χ4v) is 3.67. The van der Waals surface area contributed by atoms with Crippen molar-refractivity contribution in [3.8, 4) is 0 Å². The van der Waals surface area contributed by atoms with Crippen LogP contribution >= 0.6 is 0 Å². The van der Waals surface area contributed by atoms with Gasteiger partial charge in [-0.05, 0) is 25.0 Å². The smallest absolute Gasteiger partial charge is 0.243 e. The summed E-state index contributed by atoms with van der Waals surface area (Å²) in [6.45, 7) is 0.0722. The third-order valence-corrected chi connectivity index (χ3v) is 5.13. The van der Waals surface area contributed by atoms with Gasteiger partial charge in [0, 0.05) is 6.54 Å². The summed E-state index contributed by atoms with van der Waals surface area (Å²) in [5, 5.41) is 2.43. The lowest BCUT2D eigenvalue weighted by Crippen LogP contribution is -2.41. The zero-order chi connectivity index (χ0) is 14.6. The van der Waals surface area contributed by atoms with Crippen molar-refractivity contribution in [2.75, 3.05) is 13.1 Å². The Morgan fingerprint density at radius 3 is 2.60 bits per heavy atom. The summed E-state index contributed by atoms with van der Waals surface area (Å²) in [7, 11) is -3.66. The van der Waals surface area contributed by atoms with E-state index in [-0.39, 0.29) is 23.8 Å². The number of rotatable bonds is 4. The van der Waals surface area contributed by atoms with E-state index in [0.717, 1.165) is 0 Å². The molecule has 1 amide bonds. The van der Waals surface area contributed by atoms with Crippen molar-refractivity contribution in [1.82, 2.24) is 9.62 Å². The zero-order valence-corrected chi connectivity index (χ0v) is 11.7. The lowest BCUT2D eigenvalue weighted by atomic mass is 10.1. The lowest BCUT2D eigenvalue weighted by molar-refractivity contribution is -0.123. The van der Waals surface area contributed by atoms with Gasteiger partial charge in [-0.3, -0.25) is 9.59 Å². The van der Waals surface area contributed by atoms with Gasteiger partial charge in [0.1, 0.15) is 0 Å². The summed E-state index contributed by atoms with van der Waals surface area (Å²) in [5.41, 5.74) is 0. The van der Waals surface area contributed by atoms with Crippen molar-refractivity contribution in [3.05, 3.63) is 30.3 Å². The Hall–Kier alpha value is -1.73. The maximum Gasteiger partial charge on any atom is 0.243 e. The Morgan fingerprint density at radius 1 is 1.25 bits per heavy atom. The highest BCUT2D eigenvalue weighted by atomic mass is 32.2. The second-order valence-electron chi connectivity index (χ2n) is 4.60. The first-order chi connectivity index (χ1) is 9.55. The molecule has 20 heavy (non-hydrogen) atoms. The van der Waals surface area contributed by atoms with Crippen LogP contribution in [0.15, 0.2) is 35.2 Å². The maximum atomic E-state index is 12.4. The first kappa shape index (κ1) is 14.7. The van der Waals surface area contributed by atoms with Gasteiger partial charge in [-0.15, -0.1) is 0 Å². The summed E-state index contributed by atoms with van der Waals surface area (Å²) < 4.78 is 26.0. The Kier molecular flexibility index (Phi) is 4.51. The average Bonchev–Trinajstić information content (AvgIpc) is 2.63. The SMILES string of the molecule is O=CNC1CCCN(S(=O)(=O)c2ccccc2)CC1=O. The molecular formula is C13H16N2O4S. The van der Waals surface area contributed by atoms with Gasteiger partial charge in [0.2, 0.25) is 16.4 Å². The van der Waals surface area contributed by atoms with E-state index in [2.05, 4.69) is 5.32 Å². The second kappa shape index (κ2) is 6.15. The third-order valence-electron chi connectivity index (χ3n) is 3.27. The minimum Gasteiger partial charge on any atom is -0.349 e. The zero-order valence-electron chi connectivity index (χ0n) is 10.9. The molecular weight excluding hydrogens is 280 g/mol. The fraction of sp³-hybridized carbons (Fsp3) is 0.385. The minimum atomic E-state index is -3.66. The molecule has 1 aliphatic rings. The number of amides is 1. The Labute approximate surface area is 117 Å². The molecule has 0 radical (unpaired) electrons. The summed E-state index contributed by atoms with van der Waals surface area (Å²) in [6.07, 6.45) is 1.46. The van der Waals surface area contributed by atoms with Crippen molar-refractivity contribution in [2.45, 2.75) is 23.8 Å². The number of hydrogen-bond acceptors (Lipinski definition) is 4. The van der Waals surface area contributed by atoms with Crippen LogP contribution in [0.5, 0.6) is 0 Å². The number of sulfonamides is 1. The molecule has 0 bridgehead atoms. The van der Waals surface area contributed by atoms with E-state index in [1.165, 1.54) is 16.4 Å². The van der Waals surface area contributed by atoms with E-state index in [1.54, 1.807) is 18.2 Å². The van der Waals surface area contributed by atoms with Gasteiger partial charge in [-0.2, -0.15) is 4.31 Å². The van der Waals surface area contributed by atoms with Crippen LogP contribution in [-0.2, 0) is 19.6 Å². The summed E-state index contributed by atoms with van der Waals surface area (Å²) in [5.74, 6) is -0.283. The predicted molar refractivity (Wildman–Crippen MR) is 72.4 cm³/mol. The highest BCUT2D eigenvalue weighted by molar-refractivity contribution is 7.89. The molecule has 0 saturated carbocycles. The molecule has 6 nitrogen and oxygen atoms in total. The molecule has 1 N–H and O–H groups in total. The van der Waals surface area contributed by atoms with Gasteiger partial charge in [0.05, 0.1) is 17.5 Å². The topological polar surface area (TPSA) is 83.6 Å². The lowest BCUT2D eigenvalue weighted by Gasteiger charge is -2.19. The van der Waals surface area contributed by atoms with Crippen LogP contribution in [0.2, 0.25) is 0 Å². The average molecular weight is 296 g/mol. The van der Waals surface area contributed by atoms with Gasteiger partial charge in [0.15, 0.2) is 5.78 Å². The standard InChI is InChI=1S/C13H16N2O4S/c16-10-14-12-7-4-8-15(9-13(12)17)20(18,19)11-5-2-1-3-6-11/h1-3,5-6,10,12H,4,7-9H2,(H,14,16). The van der Waals surface area contributed by atoms with E-state index < -0.39 is 16.1 Å². The molecule has 1 heterocycles. The third kappa shape index (κ3) is 3.05. The molecule has 0 spiro atoms. The predicted octanol–water partition coefficient (Wildman–Crippen LogP) is 0.155. The highest BCUT2D eigenvalue weighted by Crippen LogP contribution is 2.18. The molecule has 108 valence electrons. The molecule has 1 atom stereocenters. The van der Waals surface area contributed by atoms with E-state index in [1.807, 2.05) is 0 Å². The van der Waals surface area contributed by atoms with Crippen LogP contribution in [-0.4, -0.2) is 44.0 Å². The number of benzene rings is 1. The maximum absolute atomic E-state index is 12.4. The number of nitrogens with zero attached hydrogens (tertiary/aromatic N) is 1. The van der Waals surface area contributed by atoms with E-state index in [4.69, 9.17) is 0 Å². The van der Waals surface area contributed by atoms with E-state index in [0.29, 0.717) is 19.3 Å². The normalized spacial score (nSPS) is 21.2. The molecule has 2 rings (SSSR count). The van der Waals surface area contributed by atoms with Crippen LogP contribution in [0.3, 0.4) is 0 Å². The molecule has 7 heteroatoms. The number of hydrogen-bond donors (Lipinski definition) is 1. The second-order valence-corrected chi connectivity index (χ2v) is 6.54. The van der Waals surface area contributed by atoms with E-state index in [9.17, 15) is 18.0 Å². The van der Waals surface area contributed by atoms with Crippen molar-refractivity contribution in [1.29, 1.82) is 0 Å². The number of ketones is 1. The summed E-state index contributed by atoms with van der Waals surface area (Å²) in [6, 6.07) is 7.43. The number of nitrogens with one attached hydrogen (secondary N) is 1. The van der Waals surface area contributed by atoms with Gasteiger partial charge in [0.25, 0.3) is 0 Å². The monoisotopic (exact) mass is 296 g/mol. The molecule has 1 fully saturated rings. The molecule has 0 aromatic heterocycles. The van der Waals surface area contributed by atoms with Crippen molar-refractivity contribution in [2.24, 2.45) is 0 Å². The van der Waals surface area contributed by atoms with Crippen LogP contribution in [0.25, 0.3) is 0 Å². The molecule has 1 unspecified atom stereocenters. The van der Waals surface area contributed by atoms with Gasteiger partial charge in [-0.1, -0.05) is 18.2 Å². The minimum absolute atomic E-state index is 0.176. The van der Waals surface area contributed by atoms with E-state index >= 15 is 0 Å². The van der Waals surface area contributed by atoms with Gasteiger partial charge >= 0.3 is 0 Å². The number of Topliss-reactive ketones (excluding diaryl/α,β-unsaturated/α-hetero) is 1.